The number of H-pyrrole nitrogens is 1. The number of aromatic nitrogens is 2. The van der Waals surface area contributed by atoms with Crippen LogP contribution in [0.3, 0.4) is 0 Å². The Bertz CT molecular complexity index is 466. The van der Waals surface area contributed by atoms with E-state index in [0.717, 1.165) is 5.69 Å². The number of aryl methyl sites for hydroxylation is 1. The number of nitrogen functional groups attached to an aromatic ring is 1. The van der Waals surface area contributed by atoms with Crippen LogP contribution in [0.25, 0.3) is 0 Å². The normalized spacial score (nSPS) is 19.6. The Morgan fingerprint density at radius 2 is 2.33 bits per heavy atom. The Labute approximate surface area is 85.1 Å². The molecule has 6 heteroatoms. The largest absolute Gasteiger partial charge is 0.481 e. The number of nitrogens with two attached hydrogens (primary N) is 1. The van der Waals surface area contributed by atoms with Crippen molar-refractivity contribution in [2.24, 2.45) is 5.92 Å². The average Bonchev–Trinajstić information content (AvgIpc) is 2.16. The van der Waals surface area contributed by atoms with Gasteiger partial charge < -0.3 is 15.8 Å². The summed E-state index contributed by atoms with van der Waals surface area (Å²) < 4.78 is 0. The van der Waals surface area contributed by atoms with E-state index in [1.54, 1.807) is 0 Å². The van der Waals surface area contributed by atoms with E-state index in [2.05, 4.69) is 9.97 Å². The summed E-state index contributed by atoms with van der Waals surface area (Å²) in [5.41, 5.74) is 6.51. The van der Waals surface area contributed by atoms with Crippen LogP contribution in [0.15, 0.2) is 4.79 Å². The van der Waals surface area contributed by atoms with Gasteiger partial charge in [-0.2, -0.15) is 4.98 Å². The van der Waals surface area contributed by atoms with Gasteiger partial charge in [-0.3, -0.25) is 4.79 Å². The highest BCUT2D eigenvalue weighted by Crippen LogP contribution is 2.26. The number of aliphatic carboxylic acids is 1. The number of nitrogens with one attached hydrogen (secondary N) is 1. The molecule has 2 rings (SSSR count). The minimum atomic E-state index is -0.828. The smallest absolute Gasteiger partial charge is 0.347 e. The van der Waals surface area contributed by atoms with Crippen LogP contribution >= 0.6 is 0 Å². The molecule has 15 heavy (non-hydrogen) atoms. The Morgan fingerprint density at radius 3 is 3.00 bits per heavy atom. The molecule has 1 atom stereocenters. The summed E-state index contributed by atoms with van der Waals surface area (Å²) in [6, 6.07) is 0. The maximum absolute atomic E-state index is 11.0. The molecular weight excluding hydrogens is 198 g/mol. The summed E-state index contributed by atoms with van der Waals surface area (Å²) in [6.45, 7) is 0. The first-order chi connectivity index (χ1) is 7.08. The maximum atomic E-state index is 11.0. The second-order valence-corrected chi connectivity index (χ2v) is 3.66. The number of rotatable bonds is 1. The van der Waals surface area contributed by atoms with Gasteiger partial charge in [-0.15, -0.1) is 0 Å². The summed E-state index contributed by atoms with van der Waals surface area (Å²) in [6.07, 6.45) is 1.41. The lowest BCUT2D eigenvalue weighted by Gasteiger charge is -2.21. The molecule has 0 saturated carbocycles. The number of carbonyl (C=O) groups is 1. The lowest BCUT2D eigenvalue weighted by atomic mass is 9.87. The third-order valence-corrected chi connectivity index (χ3v) is 2.70. The molecule has 0 bridgehead atoms. The van der Waals surface area contributed by atoms with E-state index in [0.29, 0.717) is 24.8 Å². The van der Waals surface area contributed by atoms with Crippen LogP contribution in [-0.2, 0) is 17.6 Å². The SMILES string of the molecule is Nc1nc(=O)[nH]c2c1CC(C(=O)O)CC2. The summed E-state index contributed by atoms with van der Waals surface area (Å²) in [7, 11) is 0. The van der Waals surface area contributed by atoms with Crippen LogP contribution in [0.2, 0.25) is 0 Å². The van der Waals surface area contributed by atoms with Gasteiger partial charge in [-0.1, -0.05) is 0 Å². The van der Waals surface area contributed by atoms with E-state index in [4.69, 9.17) is 10.8 Å². The Morgan fingerprint density at radius 1 is 1.60 bits per heavy atom. The first kappa shape index (κ1) is 9.70. The molecule has 1 aromatic heterocycles. The fraction of sp³-hybridized carbons (Fsp3) is 0.444. The van der Waals surface area contributed by atoms with Gasteiger partial charge >= 0.3 is 11.7 Å². The van der Waals surface area contributed by atoms with Gasteiger partial charge in [0.2, 0.25) is 0 Å². The van der Waals surface area contributed by atoms with Gasteiger partial charge in [0.25, 0.3) is 0 Å². The second-order valence-electron chi connectivity index (χ2n) is 3.66. The summed E-state index contributed by atoms with van der Waals surface area (Å²) in [4.78, 5) is 28.0. The molecule has 1 aliphatic carbocycles. The standard InChI is InChI=1S/C9H11N3O3/c10-7-5-3-4(8(13)14)1-2-6(5)11-9(15)12-7/h4H,1-3H2,(H,13,14)(H3,10,11,12,15). The van der Waals surface area contributed by atoms with E-state index in [9.17, 15) is 9.59 Å². The van der Waals surface area contributed by atoms with Crippen LogP contribution in [0.5, 0.6) is 0 Å². The van der Waals surface area contributed by atoms with Gasteiger partial charge in [0.1, 0.15) is 5.82 Å². The predicted octanol–water partition coefficient (Wildman–Crippen LogP) is -0.458. The molecule has 1 heterocycles. The first-order valence-electron chi connectivity index (χ1n) is 4.68. The van der Waals surface area contributed by atoms with E-state index in [1.165, 1.54) is 0 Å². The van der Waals surface area contributed by atoms with Crippen LogP contribution in [-0.4, -0.2) is 21.0 Å². The van der Waals surface area contributed by atoms with Gasteiger partial charge in [-0.05, 0) is 19.3 Å². The number of hydrogen-bond acceptors (Lipinski definition) is 4. The molecule has 4 N–H and O–H groups in total. The van der Waals surface area contributed by atoms with Crippen LogP contribution < -0.4 is 11.4 Å². The van der Waals surface area contributed by atoms with Gasteiger partial charge in [-0.25, -0.2) is 4.79 Å². The molecule has 0 spiro atoms. The fourth-order valence-electron chi connectivity index (χ4n) is 1.88. The number of hydrogen-bond donors (Lipinski definition) is 3. The minimum Gasteiger partial charge on any atom is -0.481 e. The van der Waals surface area contributed by atoms with E-state index < -0.39 is 17.6 Å². The third-order valence-electron chi connectivity index (χ3n) is 2.70. The van der Waals surface area contributed by atoms with Crippen molar-refractivity contribution in [2.75, 3.05) is 5.73 Å². The lowest BCUT2D eigenvalue weighted by Crippen LogP contribution is -2.27. The monoisotopic (exact) mass is 209 g/mol. The fourth-order valence-corrected chi connectivity index (χ4v) is 1.88. The summed E-state index contributed by atoms with van der Waals surface area (Å²) in [5, 5.41) is 8.88. The lowest BCUT2D eigenvalue weighted by molar-refractivity contribution is -0.142. The molecule has 1 unspecified atom stereocenters. The molecule has 1 aliphatic rings. The van der Waals surface area contributed by atoms with Crippen molar-refractivity contribution in [2.45, 2.75) is 19.3 Å². The zero-order valence-corrected chi connectivity index (χ0v) is 7.99. The van der Waals surface area contributed by atoms with Crippen molar-refractivity contribution < 1.29 is 9.90 Å². The number of carboxylic acid groups (broad SMARTS) is 1. The Kier molecular flexibility index (Phi) is 2.18. The van der Waals surface area contributed by atoms with Crippen molar-refractivity contribution in [3.8, 4) is 0 Å². The van der Waals surface area contributed by atoms with Crippen molar-refractivity contribution in [1.82, 2.24) is 9.97 Å². The number of carboxylic acids is 1. The maximum Gasteiger partial charge on any atom is 0.347 e. The third kappa shape index (κ3) is 1.70. The van der Waals surface area contributed by atoms with E-state index in [1.807, 2.05) is 0 Å². The predicted molar refractivity (Wildman–Crippen MR) is 52.4 cm³/mol. The topological polar surface area (TPSA) is 109 Å². The molecule has 0 radical (unpaired) electrons. The molecule has 0 amide bonds. The highest BCUT2D eigenvalue weighted by molar-refractivity contribution is 5.71. The summed E-state index contributed by atoms with van der Waals surface area (Å²) >= 11 is 0. The molecule has 6 nitrogen and oxygen atoms in total. The second kappa shape index (κ2) is 3.38. The molecule has 1 aromatic rings. The number of anilines is 1. The highest BCUT2D eigenvalue weighted by atomic mass is 16.4. The van der Waals surface area contributed by atoms with Crippen LogP contribution in [0, 0.1) is 5.92 Å². The Balaban J connectivity index is 2.41. The quantitative estimate of drug-likeness (QED) is 0.580. The van der Waals surface area contributed by atoms with E-state index in [-0.39, 0.29) is 5.82 Å². The molecule has 0 aliphatic heterocycles. The van der Waals surface area contributed by atoms with Crippen molar-refractivity contribution >= 4 is 11.8 Å². The van der Waals surface area contributed by atoms with Crippen molar-refractivity contribution in [3.63, 3.8) is 0 Å². The summed E-state index contributed by atoms with van der Waals surface area (Å²) in [5.74, 6) is -1.10. The van der Waals surface area contributed by atoms with Gasteiger partial charge in [0, 0.05) is 11.3 Å². The molecule has 80 valence electrons. The molecule has 0 saturated heterocycles. The first-order valence-corrected chi connectivity index (χ1v) is 4.68. The van der Waals surface area contributed by atoms with Gasteiger partial charge in [0.15, 0.2) is 0 Å². The molecule has 0 aromatic carbocycles. The van der Waals surface area contributed by atoms with Crippen LogP contribution in [0.4, 0.5) is 5.82 Å². The van der Waals surface area contributed by atoms with Crippen molar-refractivity contribution in [3.05, 3.63) is 21.7 Å². The van der Waals surface area contributed by atoms with Gasteiger partial charge in [0.05, 0.1) is 5.92 Å². The minimum absolute atomic E-state index is 0.153. The number of aromatic amines is 1. The molecular formula is C9H11N3O3. The van der Waals surface area contributed by atoms with E-state index >= 15 is 0 Å². The van der Waals surface area contributed by atoms with Crippen LogP contribution in [0.1, 0.15) is 17.7 Å². The number of fused-ring (bicyclic) bond motifs is 1. The van der Waals surface area contributed by atoms with Crippen molar-refractivity contribution in [1.29, 1.82) is 0 Å². The zero-order chi connectivity index (χ0) is 11.0. The number of nitrogens with zero attached hydrogens (tertiary/aromatic N) is 1. The Hall–Kier alpha value is -1.85. The highest BCUT2D eigenvalue weighted by Gasteiger charge is 2.26. The zero-order valence-electron chi connectivity index (χ0n) is 7.99. The molecule has 0 fully saturated rings. The average molecular weight is 209 g/mol.